The summed E-state index contributed by atoms with van der Waals surface area (Å²) in [6.07, 6.45) is 0.777. The first kappa shape index (κ1) is 21.5. The monoisotopic (exact) mass is 456 g/mol. The molecule has 0 aliphatic rings. The number of carbonyl (C=O) groups is 1. The van der Waals surface area contributed by atoms with Crippen molar-refractivity contribution in [1.82, 2.24) is 19.2 Å². The molecule has 7 nitrogen and oxygen atoms in total. The predicted molar refractivity (Wildman–Crippen MR) is 124 cm³/mol. The number of thiophene rings is 1. The van der Waals surface area contributed by atoms with E-state index in [2.05, 4.69) is 27.8 Å². The Morgan fingerprint density at radius 2 is 1.97 bits per heavy atom. The van der Waals surface area contributed by atoms with Crippen LogP contribution in [0.25, 0.3) is 21.1 Å². The topological polar surface area (TPSA) is 84.3 Å². The van der Waals surface area contributed by atoms with Crippen molar-refractivity contribution < 1.29 is 13.2 Å². The average molecular weight is 457 g/mol. The molecule has 0 fully saturated rings. The van der Waals surface area contributed by atoms with Crippen LogP contribution in [0.4, 0.5) is 0 Å². The van der Waals surface area contributed by atoms with Crippen molar-refractivity contribution >= 4 is 48.4 Å². The van der Waals surface area contributed by atoms with Crippen molar-refractivity contribution in [2.45, 2.75) is 24.3 Å². The molecule has 2 aromatic carbocycles. The maximum absolute atomic E-state index is 12.4. The molecule has 0 unspecified atom stereocenters. The highest BCUT2D eigenvalue weighted by Crippen LogP contribution is 2.25. The van der Waals surface area contributed by atoms with E-state index in [0.717, 1.165) is 16.9 Å². The van der Waals surface area contributed by atoms with E-state index in [1.54, 1.807) is 29.5 Å². The molecule has 0 aliphatic carbocycles. The van der Waals surface area contributed by atoms with E-state index in [9.17, 15) is 13.2 Å². The highest BCUT2D eigenvalue weighted by molar-refractivity contribution is 7.89. The van der Waals surface area contributed by atoms with Crippen LogP contribution in [0.3, 0.4) is 0 Å². The van der Waals surface area contributed by atoms with Crippen LogP contribution in [0.15, 0.2) is 52.7 Å². The zero-order valence-corrected chi connectivity index (χ0v) is 19.3. The molecule has 0 saturated heterocycles. The number of aromatic nitrogens is 2. The summed E-state index contributed by atoms with van der Waals surface area (Å²) in [6.45, 7) is 0.497. The number of nitrogens with one attached hydrogen (secondary N) is 1. The number of fused-ring (bicyclic) bond motifs is 2. The van der Waals surface area contributed by atoms with Crippen LogP contribution < -0.4 is 5.32 Å². The predicted octanol–water partition coefficient (Wildman–Crippen LogP) is 3.29. The molecule has 0 atom stereocenters. The van der Waals surface area contributed by atoms with E-state index < -0.39 is 10.0 Å². The Labute approximate surface area is 185 Å². The third-order valence-corrected chi connectivity index (χ3v) is 8.16. The average Bonchev–Trinajstić information content (AvgIpc) is 3.31. The maximum Gasteiger partial charge on any atom is 0.242 e. The van der Waals surface area contributed by atoms with E-state index in [1.165, 1.54) is 28.5 Å². The van der Waals surface area contributed by atoms with Gasteiger partial charge in [-0.25, -0.2) is 17.7 Å². The highest BCUT2D eigenvalue weighted by Gasteiger charge is 2.19. The zero-order chi connectivity index (χ0) is 22.2. The first-order valence-electron chi connectivity index (χ1n) is 9.87. The van der Waals surface area contributed by atoms with Crippen molar-refractivity contribution in [3.63, 3.8) is 0 Å². The minimum Gasteiger partial charge on any atom is -0.352 e. The quantitative estimate of drug-likeness (QED) is 0.463. The number of amides is 1. The smallest absolute Gasteiger partial charge is 0.242 e. The number of carbonyl (C=O) groups excluding carboxylic acids is 1. The standard InChI is InChI=1S/C22H24N4O3S2/c1-25(2)31(28,29)16-8-9-19-18(12-16)24-21(26(19)3)10-11-22(27)23-13-15-14-30-20-7-5-4-6-17(15)20/h4-9,12,14H,10-11,13H2,1-3H3,(H,23,27). The van der Waals surface area contributed by atoms with Crippen LogP contribution in [0, 0.1) is 0 Å². The molecule has 2 aromatic heterocycles. The number of rotatable bonds is 7. The van der Waals surface area contributed by atoms with Gasteiger partial charge < -0.3 is 9.88 Å². The van der Waals surface area contributed by atoms with Crippen molar-refractivity contribution in [3.8, 4) is 0 Å². The van der Waals surface area contributed by atoms with Gasteiger partial charge >= 0.3 is 0 Å². The number of hydrogen-bond acceptors (Lipinski definition) is 5. The van der Waals surface area contributed by atoms with E-state index >= 15 is 0 Å². The van der Waals surface area contributed by atoms with Crippen LogP contribution in [-0.2, 0) is 34.8 Å². The summed E-state index contributed by atoms with van der Waals surface area (Å²) in [5.41, 5.74) is 2.55. The molecule has 0 spiro atoms. The fraction of sp³-hybridized carbons (Fsp3) is 0.273. The van der Waals surface area contributed by atoms with Gasteiger partial charge in [-0.15, -0.1) is 11.3 Å². The minimum atomic E-state index is -3.52. The van der Waals surface area contributed by atoms with Crippen molar-refractivity contribution in [2.24, 2.45) is 7.05 Å². The lowest BCUT2D eigenvalue weighted by atomic mass is 10.2. The van der Waals surface area contributed by atoms with E-state index in [-0.39, 0.29) is 10.8 Å². The molecule has 1 N–H and O–H groups in total. The van der Waals surface area contributed by atoms with Crippen molar-refractivity contribution in [3.05, 3.63) is 59.2 Å². The zero-order valence-electron chi connectivity index (χ0n) is 17.6. The molecular formula is C22H24N4O3S2. The lowest BCUT2D eigenvalue weighted by Gasteiger charge is -2.10. The molecule has 0 radical (unpaired) electrons. The van der Waals surface area contributed by atoms with E-state index in [0.29, 0.717) is 24.9 Å². The molecule has 2 heterocycles. The third kappa shape index (κ3) is 4.21. The molecule has 0 bridgehead atoms. The molecular weight excluding hydrogens is 432 g/mol. The Hall–Kier alpha value is -2.75. The van der Waals surface area contributed by atoms with Crippen LogP contribution in [-0.4, -0.2) is 42.3 Å². The van der Waals surface area contributed by atoms with Crippen LogP contribution in [0.1, 0.15) is 17.8 Å². The molecule has 4 rings (SSSR count). The molecule has 0 saturated carbocycles. The van der Waals surface area contributed by atoms with Crippen molar-refractivity contribution in [1.29, 1.82) is 0 Å². The SMILES string of the molecule is CN(C)S(=O)(=O)c1ccc2c(c1)nc(CCC(=O)NCc1csc3ccccc13)n2C. The lowest BCUT2D eigenvalue weighted by molar-refractivity contribution is -0.121. The number of imidazole rings is 1. The number of benzene rings is 2. The van der Waals surface area contributed by atoms with Gasteiger partial charge in [-0.3, -0.25) is 4.79 Å². The summed E-state index contributed by atoms with van der Waals surface area (Å²) in [6, 6.07) is 13.1. The summed E-state index contributed by atoms with van der Waals surface area (Å²) >= 11 is 1.67. The van der Waals surface area contributed by atoms with Gasteiger partial charge in [-0.2, -0.15) is 0 Å². The summed E-state index contributed by atoms with van der Waals surface area (Å²) in [4.78, 5) is 17.2. The second-order valence-corrected chi connectivity index (χ2v) is 10.6. The fourth-order valence-electron chi connectivity index (χ4n) is 3.50. The number of aryl methyl sites for hydroxylation is 2. The molecule has 1 amide bonds. The number of hydrogen-bond donors (Lipinski definition) is 1. The van der Waals surface area contributed by atoms with Gasteiger partial charge in [0.1, 0.15) is 5.82 Å². The Bertz CT molecular complexity index is 1370. The number of sulfonamides is 1. The summed E-state index contributed by atoms with van der Waals surface area (Å²) in [7, 11) is 1.36. The normalized spacial score (nSPS) is 12.1. The number of nitrogens with zero attached hydrogens (tertiary/aromatic N) is 3. The van der Waals surface area contributed by atoms with Gasteiger partial charge in [0.05, 0.1) is 15.9 Å². The third-order valence-electron chi connectivity index (χ3n) is 5.34. The summed E-state index contributed by atoms with van der Waals surface area (Å²) < 4.78 is 29.0. The Morgan fingerprint density at radius 1 is 1.19 bits per heavy atom. The maximum atomic E-state index is 12.4. The van der Waals surface area contributed by atoms with Crippen LogP contribution in [0.5, 0.6) is 0 Å². The molecule has 0 aliphatic heterocycles. The highest BCUT2D eigenvalue weighted by atomic mass is 32.2. The second kappa shape index (κ2) is 8.41. The van der Waals surface area contributed by atoms with Gasteiger partial charge in [0.15, 0.2) is 0 Å². The molecule has 4 aromatic rings. The van der Waals surface area contributed by atoms with Gasteiger partial charge in [0.25, 0.3) is 0 Å². The largest absolute Gasteiger partial charge is 0.352 e. The second-order valence-electron chi connectivity index (χ2n) is 7.56. The Morgan fingerprint density at radius 3 is 2.74 bits per heavy atom. The Kier molecular flexibility index (Phi) is 5.83. The molecule has 9 heteroatoms. The lowest BCUT2D eigenvalue weighted by Crippen LogP contribution is -2.23. The Balaban J connectivity index is 1.43. The summed E-state index contributed by atoms with van der Waals surface area (Å²) in [5, 5.41) is 6.24. The van der Waals surface area contributed by atoms with E-state index in [1.807, 2.05) is 23.7 Å². The van der Waals surface area contributed by atoms with Gasteiger partial charge in [-0.1, -0.05) is 18.2 Å². The van der Waals surface area contributed by atoms with Crippen LogP contribution in [0.2, 0.25) is 0 Å². The first-order chi connectivity index (χ1) is 14.8. The molecule has 162 valence electrons. The molecule has 31 heavy (non-hydrogen) atoms. The fourth-order valence-corrected chi connectivity index (χ4v) is 5.39. The van der Waals surface area contributed by atoms with Gasteiger partial charge in [0, 0.05) is 45.2 Å². The summed E-state index contributed by atoms with van der Waals surface area (Å²) in [5.74, 6) is 0.698. The van der Waals surface area contributed by atoms with Gasteiger partial charge in [0.2, 0.25) is 15.9 Å². The van der Waals surface area contributed by atoms with Gasteiger partial charge in [-0.05, 0) is 40.6 Å². The minimum absolute atomic E-state index is 0.0433. The van der Waals surface area contributed by atoms with Crippen LogP contribution >= 0.6 is 11.3 Å². The van der Waals surface area contributed by atoms with Crippen molar-refractivity contribution in [2.75, 3.05) is 14.1 Å². The first-order valence-corrected chi connectivity index (χ1v) is 12.2. The van der Waals surface area contributed by atoms with E-state index in [4.69, 9.17) is 0 Å².